The maximum absolute atomic E-state index is 10.7. The van der Waals surface area contributed by atoms with E-state index in [1.54, 1.807) is 0 Å². The lowest BCUT2D eigenvalue weighted by Gasteiger charge is -2.04. The van der Waals surface area contributed by atoms with E-state index in [1.807, 2.05) is 0 Å². The Balaban J connectivity index is 0.00000196. The lowest BCUT2D eigenvalue weighted by Crippen LogP contribution is -2.07. The van der Waals surface area contributed by atoms with Crippen molar-refractivity contribution in [1.29, 1.82) is 0 Å². The number of carbonyl (C=O) groups excluding carboxylic acids is 1. The van der Waals surface area contributed by atoms with Crippen LogP contribution >= 0.6 is 0 Å². The van der Waals surface area contributed by atoms with Crippen LogP contribution in [0.15, 0.2) is 18.2 Å². The second-order valence-corrected chi connectivity index (χ2v) is 2.72. The van der Waals surface area contributed by atoms with Gasteiger partial charge in [-0.3, -0.25) is 4.79 Å². The molecule has 5 N–H and O–H groups in total. The van der Waals surface area contributed by atoms with E-state index in [0.29, 0.717) is 5.69 Å². The maximum Gasteiger partial charge on any atom is 0.339 e. The third-order valence-corrected chi connectivity index (χ3v) is 1.55. The fourth-order valence-corrected chi connectivity index (χ4v) is 0.988. The minimum absolute atomic E-state index is 0. The third kappa shape index (κ3) is 3.28. The van der Waals surface area contributed by atoms with Crippen molar-refractivity contribution < 1.29 is 25.3 Å². The Morgan fingerprint density at radius 2 is 1.93 bits per heavy atom. The zero-order chi connectivity index (χ0) is 10.7. The van der Waals surface area contributed by atoms with Crippen LogP contribution in [0.5, 0.6) is 5.75 Å². The van der Waals surface area contributed by atoms with Crippen molar-refractivity contribution in [3.63, 3.8) is 0 Å². The number of anilines is 1. The van der Waals surface area contributed by atoms with Gasteiger partial charge in [-0.1, -0.05) is 0 Å². The van der Waals surface area contributed by atoms with Crippen molar-refractivity contribution in [2.24, 2.45) is 0 Å². The molecule has 0 aliphatic rings. The molecule has 0 aliphatic heterocycles. The van der Waals surface area contributed by atoms with Crippen molar-refractivity contribution in [1.82, 2.24) is 0 Å². The van der Waals surface area contributed by atoms with E-state index in [-0.39, 0.29) is 22.7 Å². The van der Waals surface area contributed by atoms with Gasteiger partial charge in [-0.2, -0.15) is 0 Å². The standard InChI is InChI=1S/C9H9NO4.H2O/c1-5(11)10-6-2-3-8(12)7(4-6)9(13)14;/h2-4,12H,1H3,(H,10,11)(H,13,14);1H2. The largest absolute Gasteiger partial charge is 0.507 e. The molecule has 1 aromatic carbocycles. The van der Waals surface area contributed by atoms with Crippen molar-refractivity contribution in [2.45, 2.75) is 6.92 Å². The number of phenols is 1. The van der Waals surface area contributed by atoms with Crippen LogP contribution in [-0.4, -0.2) is 27.6 Å². The van der Waals surface area contributed by atoms with Gasteiger partial charge in [0.1, 0.15) is 11.3 Å². The average Bonchev–Trinajstić information content (AvgIpc) is 2.07. The minimum Gasteiger partial charge on any atom is -0.507 e. The predicted molar refractivity (Wildman–Crippen MR) is 53.0 cm³/mol. The lowest BCUT2D eigenvalue weighted by molar-refractivity contribution is -0.114. The zero-order valence-corrected chi connectivity index (χ0v) is 7.94. The number of aromatic carboxylic acids is 1. The van der Waals surface area contributed by atoms with E-state index >= 15 is 0 Å². The van der Waals surface area contributed by atoms with E-state index in [4.69, 9.17) is 10.2 Å². The highest BCUT2D eigenvalue weighted by Crippen LogP contribution is 2.21. The molecule has 0 bridgehead atoms. The molecule has 0 spiro atoms. The SMILES string of the molecule is CC(=O)Nc1ccc(O)c(C(=O)O)c1.O. The zero-order valence-electron chi connectivity index (χ0n) is 7.94. The van der Waals surface area contributed by atoms with Crippen LogP contribution in [0, 0.1) is 0 Å². The van der Waals surface area contributed by atoms with Crippen LogP contribution < -0.4 is 5.32 Å². The fourth-order valence-electron chi connectivity index (χ4n) is 0.988. The van der Waals surface area contributed by atoms with Crippen LogP contribution in [0.4, 0.5) is 5.69 Å². The summed E-state index contributed by atoms with van der Waals surface area (Å²) in [6.07, 6.45) is 0. The van der Waals surface area contributed by atoms with Gasteiger partial charge in [-0.25, -0.2) is 4.79 Å². The van der Waals surface area contributed by atoms with Gasteiger partial charge in [-0.05, 0) is 18.2 Å². The van der Waals surface area contributed by atoms with Gasteiger partial charge in [0, 0.05) is 12.6 Å². The summed E-state index contributed by atoms with van der Waals surface area (Å²) in [6.45, 7) is 1.31. The normalized spacial score (nSPS) is 8.87. The van der Waals surface area contributed by atoms with Gasteiger partial charge >= 0.3 is 5.97 Å². The number of benzene rings is 1. The van der Waals surface area contributed by atoms with Gasteiger partial charge in [0.05, 0.1) is 0 Å². The average molecular weight is 213 g/mol. The number of nitrogens with one attached hydrogen (secondary N) is 1. The molecule has 6 heteroatoms. The number of aromatic hydroxyl groups is 1. The first kappa shape index (κ1) is 12.9. The van der Waals surface area contributed by atoms with Crippen LogP contribution in [-0.2, 0) is 4.79 Å². The molecule has 0 heterocycles. The number of carbonyl (C=O) groups is 2. The highest BCUT2D eigenvalue weighted by molar-refractivity contribution is 5.94. The van der Waals surface area contributed by atoms with E-state index in [1.165, 1.54) is 25.1 Å². The Kier molecular flexibility index (Phi) is 4.28. The molecule has 1 amide bonds. The molecule has 1 aromatic rings. The number of carboxylic acids is 1. The molecule has 0 saturated heterocycles. The molecule has 82 valence electrons. The van der Waals surface area contributed by atoms with Gasteiger partial charge in [0.25, 0.3) is 0 Å². The second-order valence-electron chi connectivity index (χ2n) is 2.72. The minimum atomic E-state index is -1.24. The summed E-state index contributed by atoms with van der Waals surface area (Å²) < 4.78 is 0. The molecule has 1 rings (SSSR count). The monoisotopic (exact) mass is 213 g/mol. The summed E-state index contributed by atoms with van der Waals surface area (Å²) in [5.74, 6) is -1.87. The maximum atomic E-state index is 10.7. The Morgan fingerprint density at radius 3 is 2.40 bits per heavy atom. The Labute approximate surface area is 85.5 Å². The van der Waals surface area contributed by atoms with Crippen molar-refractivity contribution in [2.75, 3.05) is 5.32 Å². The molecule has 0 atom stereocenters. The molecule has 0 fully saturated rings. The van der Waals surface area contributed by atoms with Gasteiger partial charge < -0.3 is 21.0 Å². The molecule has 0 unspecified atom stereocenters. The van der Waals surface area contributed by atoms with E-state index in [0.717, 1.165) is 0 Å². The first-order valence-electron chi connectivity index (χ1n) is 3.84. The summed E-state index contributed by atoms with van der Waals surface area (Å²) in [5, 5.41) is 20.2. The predicted octanol–water partition coefficient (Wildman–Crippen LogP) is 0.224. The number of rotatable bonds is 2. The fraction of sp³-hybridized carbons (Fsp3) is 0.111. The van der Waals surface area contributed by atoms with Crippen LogP contribution in [0.2, 0.25) is 0 Å². The van der Waals surface area contributed by atoms with Gasteiger partial charge in [-0.15, -0.1) is 0 Å². The van der Waals surface area contributed by atoms with E-state index in [9.17, 15) is 9.59 Å². The van der Waals surface area contributed by atoms with E-state index < -0.39 is 5.97 Å². The summed E-state index contributed by atoms with van der Waals surface area (Å²) in [7, 11) is 0. The van der Waals surface area contributed by atoms with Crippen molar-refractivity contribution in [3.8, 4) is 5.75 Å². The topological polar surface area (TPSA) is 118 Å². The van der Waals surface area contributed by atoms with Crippen LogP contribution in [0.1, 0.15) is 17.3 Å². The number of hydrogen-bond acceptors (Lipinski definition) is 3. The van der Waals surface area contributed by atoms with E-state index in [2.05, 4.69) is 5.32 Å². The van der Waals surface area contributed by atoms with Crippen LogP contribution in [0.25, 0.3) is 0 Å². The highest BCUT2D eigenvalue weighted by Gasteiger charge is 2.10. The van der Waals surface area contributed by atoms with Crippen molar-refractivity contribution in [3.05, 3.63) is 23.8 Å². The molecule has 0 aromatic heterocycles. The molecule has 6 nitrogen and oxygen atoms in total. The highest BCUT2D eigenvalue weighted by atomic mass is 16.4. The smallest absolute Gasteiger partial charge is 0.339 e. The molecular formula is C9H11NO5. The molecule has 15 heavy (non-hydrogen) atoms. The lowest BCUT2D eigenvalue weighted by atomic mass is 10.2. The summed E-state index contributed by atoms with van der Waals surface area (Å²) in [5.41, 5.74) is 0.101. The molecular weight excluding hydrogens is 202 g/mol. The Bertz CT molecular complexity index is 388. The quantitative estimate of drug-likeness (QED) is 0.609. The van der Waals surface area contributed by atoms with Crippen molar-refractivity contribution >= 4 is 17.6 Å². The second kappa shape index (κ2) is 4.97. The third-order valence-electron chi connectivity index (χ3n) is 1.55. The van der Waals surface area contributed by atoms with Gasteiger partial charge in [0.2, 0.25) is 5.91 Å². The first-order valence-corrected chi connectivity index (χ1v) is 3.84. The number of hydrogen-bond donors (Lipinski definition) is 3. The summed E-state index contributed by atoms with van der Waals surface area (Å²) in [6, 6.07) is 3.83. The number of amides is 1. The summed E-state index contributed by atoms with van der Waals surface area (Å²) in [4.78, 5) is 21.2. The Hall–Kier alpha value is -2.08. The van der Waals surface area contributed by atoms with Crippen LogP contribution in [0.3, 0.4) is 0 Å². The Morgan fingerprint density at radius 1 is 1.33 bits per heavy atom. The molecule has 0 saturated carbocycles. The summed E-state index contributed by atoms with van der Waals surface area (Å²) >= 11 is 0. The first-order chi connectivity index (χ1) is 6.50. The number of carboxylic acid groups (broad SMARTS) is 1. The van der Waals surface area contributed by atoms with Gasteiger partial charge in [0.15, 0.2) is 0 Å². The molecule has 0 radical (unpaired) electrons. The molecule has 0 aliphatic carbocycles.